The Hall–Kier alpha value is -1.28. The van der Waals surface area contributed by atoms with Crippen LogP contribution in [0.3, 0.4) is 0 Å². The van der Waals surface area contributed by atoms with E-state index in [1.165, 1.54) is 11.1 Å². The molecule has 1 nitrogen and oxygen atoms in total. The van der Waals surface area contributed by atoms with E-state index in [0.29, 0.717) is 6.61 Å². The minimum absolute atomic E-state index is 0.702. The van der Waals surface area contributed by atoms with Gasteiger partial charge in [0.1, 0.15) is 5.75 Å². The fraction of sp³-hybridized carbons (Fsp3) is 0.250. The normalized spacial score (nSPS) is 10.3. The molecule has 0 heterocycles. The summed E-state index contributed by atoms with van der Waals surface area (Å²) in [5.41, 5.74) is 2.70. The molecule has 2 aromatic rings. The van der Waals surface area contributed by atoms with Crippen molar-refractivity contribution in [3.05, 3.63) is 64.1 Å². The molecular weight excluding hydrogens is 288 g/mol. The third-order valence-corrected chi connectivity index (χ3v) is 3.57. The van der Waals surface area contributed by atoms with Gasteiger partial charge in [0.05, 0.1) is 11.1 Å². The molecule has 2 rings (SSSR count). The summed E-state index contributed by atoms with van der Waals surface area (Å²) in [6.45, 7) is 2.87. The minimum Gasteiger partial charge on any atom is -0.492 e. The van der Waals surface area contributed by atoms with Gasteiger partial charge in [-0.1, -0.05) is 43.3 Å². The van der Waals surface area contributed by atoms with Crippen molar-refractivity contribution < 1.29 is 4.74 Å². The van der Waals surface area contributed by atoms with Crippen molar-refractivity contribution in [2.45, 2.75) is 19.8 Å². The van der Waals surface area contributed by atoms with Gasteiger partial charge in [-0.25, -0.2) is 0 Å². The number of aryl methyl sites for hydroxylation is 1. The van der Waals surface area contributed by atoms with E-state index in [-0.39, 0.29) is 0 Å². The van der Waals surface area contributed by atoms with Gasteiger partial charge in [0, 0.05) is 6.42 Å². The van der Waals surface area contributed by atoms with Crippen LogP contribution in [0.15, 0.2) is 53.0 Å². The molecule has 0 amide bonds. The zero-order valence-corrected chi connectivity index (χ0v) is 12.1. The van der Waals surface area contributed by atoms with Crippen LogP contribution in [0, 0.1) is 0 Å². The Morgan fingerprint density at radius 2 is 1.61 bits per heavy atom. The maximum Gasteiger partial charge on any atom is 0.133 e. The highest BCUT2D eigenvalue weighted by atomic mass is 79.9. The van der Waals surface area contributed by atoms with Gasteiger partial charge in [0.2, 0.25) is 0 Å². The molecule has 0 radical (unpaired) electrons. The van der Waals surface area contributed by atoms with Crippen LogP contribution >= 0.6 is 15.9 Å². The summed E-state index contributed by atoms with van der Waals surface area (Å²) in [6, 6.07) is 16.7. The molecule has 0 unspecified atom stereocenters. The fourth-order valence-electron chi connectivity index (χ4n) is 1.78. The largest absolute Gasteiger partial charge is 0.492 e. The average molecular weight is 305 g/mol. The molecule has 18 heavy (non-hydrogen) atoms. The molecule has 0 N–H and O–H groups in total. The standard InChI is InChI=1S/C16H17BrO/c1-2-13-7-9-14(10-8-13)11-12-18-16-6-4-3-5-15(16)17/h3-10H,2,11-12H2,1H3. The van der Waals surface area contributed by atoms with Crippen LogP contribution in [0.2, 0.25) is 0 Å². The molecule has 0 bridgehead atoms. The Balaban J connectivity index is 1.86. The van der Waals surface area contributed by atoms with Gasteiger partial charge in [0.25, 0.3) is 0 Å². The Morgan fingerprint density at radius 1 is 0.944 bits per heavy atom. The van der Waals surface area contributed by atoms with Crippen molar-refractivity contribution >= 4 is 15.9 Å². The molecule has 0 aliphatic rings. The van der Waals surface area contributed by atoms with Gasteiger partial charge in [-0.3, -0.25) is 0 Å². The first-order valence-corrected chi connectivity index (χ1v) is 7.04. The number of ether oxygens (including phenoxy) is 1. The van der Waals surface area contributed by atoms with Crippen LogP contribution in [0.25, 0.3) is 0 Å². The van der Waals surface area contributed by atoms with E-state index in [1.54, 1.807) is 0 Å². The molecule has 0 spiro atoms. The lowest BCUT2D eigenvalue weighted by Gasteiger charge is -2.08. The van der Waals surface area contributed by atoms with E-state index in [4.69, 9.17) is 4.74 Å². The SMILES string of the molecule is CCc1ccc(CCOc2ccccc2Br)cc1. The smallest absolute Gasteiger partial charge is 0.133 e. The van der Waals surface area contributed by atoms with Gasteiger partial charge < -0.3 is 4.74 Å². The predicted octanol–water partition coefficient (Wildman–Crippen LogP) is 4.63. The van der Waals surface area contributed by atoms with Crippen molar-refractivity contribution in [3.8, 4) is 5.75 Å². The Morgan fingerprint density at radius 3 is 2.28 bits per heavy atom. The van der Waals surface area contributed by atoms with Crippen LogP contribution in [-0.4, -0.2) is 6.61 Å². The van der Waals surface area contributed by atoms with E-state index < -0.39 is 0 Å². The summed E-state index contributed by atoms with van der Waals surface area (Å²) in [6.07, 6.45) is 2.03. The summed E-state index contributed by atoms with van der Waals surface area (Å²) in [4.78, 5) is 0. The maximum absolute atomic E-state index is 5.75. The van der Waals surface area contributed by atoms with Gasteiger partial charge in [-0.05, 0) is 45.6 Å². The monoisotopic (exact) mass is 304 g/mol. The Kier molecular flexibility index (Phi) is 4.82. The predicted molar refractivity (Wildman–Crippen MR) is 79.2 cm³/mol. The number of hydrogen-bond donors (Lipinski definition) is 0. The third kappa shape index (κ3) is 3.61. The quantitative estimate of drug-likeness (QED) is 0.782. The average Bonchev–Trinajstić information content (AvgIpc) is 2.42. The first-order valence-electron chi connectivity index (χ1n) is 6.24. The summed E-state index contributed by atoms with van der Waals surface area (Å²) in [7, 11) is 0. The van der Waals surface area contributed by atoms with Crippen molar-refractivity contribution in [2.75, 3.05) is 6.61 Å². The highest BCUT2D eigenvalue weighted by molar-refractivity contribution is 9.10. The van der Waals surface area contributed by atoms with Crippen LogP contribution in [0.1, 0.15) is 18.1 Å². The lowest BCUT2D eigenvalue weighted by atomic mass is 10.1. The molecule has 0 aromatic heterocycles. The number of hydrogen-bond acceptors (Lipinski definition) is 1. The molecule has 0 saturated heterocycles. The summed E-state index contributed by atoms with van der Waals surface area (Å²) in [5, 5.41) is 0. The molecule has 2 aromatic carbocycles. The zero-order valence-electron chi connectivity index (χ0n) is 10.5. The van der Waals surface area contributed by atoms with Gasteiger partial charge in [0.15, 0.2) is 0 Å². The highest BCUT2D eigenvalue weighted by Gasteiger charge is 1.99. The Bertz CT molecular complexity index is 491. The molecular formula is C16H17BrO. The molecule has 0 aliphatic carbocycles. The van der Waals surface area contributed by atoms with E-state index in [1.807, 2.05) is 24.3 Å². The van der Waals surface area contributed by atoms with Gasteiger partial charge in [-0.2, -0.15) is 0 Å². The molecule has 0 atom stereocenters. The second-order valence-electron chi connectivity index (χ2n) is 4.20. The molecule has 94 valence electrons. The Labute approximate surface area is 117 Å². The summed E-state index contributed by atoms with van der Waals surface area (Å²) >= 11 is 3.48. The van der Waals surface area contributed by atoms with Crippen molar-refractivity contribution in [1.29, 1.82) is 0 Å². The van der Waals surface area contributed by atoms with Crippen molar-refractivity contribution in [3.63, 3.8) is 0 Å². The summed E-state index contributed by atoms with van der Waals surface area (Å²) < 4.78 is 6.76. The number of rotatable bonds is 5. The van der Waals surface area contributed by atoms with Crippen LogP contribution in [0.5, 0.6) is 5.75 Å². The summed E-state index contributed by atoms with van der Waals surface area (Å²) in [5.74, 6) is 0.905. The number of para-hydroxylation sites is 1. The third-order valence-electron chi connectivity index (χ3n) is 2.92. The fourth-order valence-corrected chi connectivity index (χ4v) is 2.18. The van der Waals surface area contributed by atoms with Crippen LogP contribution in [-0.2, 0) is 12.8 Å². The van der Waals surface area contributed by atoms with Gasteiger partial charge >= 0.3 is 0 Å². The second kappa shape index (κ2) is 6.60. The molecule has 2 heteroatoms. The molecule has 0 fully saturated rings. The lowest BCUT2D eigenvalue weighted by molar-refractivity contribution is 0.320. The number of benzene rings is 2. The van der Waals surface area contributed by atoms with Crippen LogP contribution < -0.4 is 4.74 Å². The van der Waals surface area contributed by atoms with E-state index >= 15 is 0 Å². The van der Waals surface area contributed by atoms with E-state index in [0.717, 1.165) is 23.1 Å². The van der Waals surface area contributed by atoms with E-state index in [2.05, 4.69) is 47.1 Å². The van der Waals surface area contributed by atoms with Crippen molar-refractivity contribution in [1.82, 2.24) is 0 Å². The first kappa shape index (κ1) is 13.2. The minimum atomic E-state index is 0.702. The maximum atomic E-state index is 5.75. The van der Waals surface area contributed by atoms with Crippen molar-refractivity contribution in [2.24, 2.45) is 0 Å². The van der Waals surface area contributed by atoms with Crippen LogP contribution in [0.4, 0.5) is 0 Å². The topological polar surface area (TPSA) is 9.23 Å². The highest BCUT2D eigenvalue weighted by Crippen LogP contribution is 2.23. The first-order chi connectivity index (χ1) is 8.79. The van der Waals surface area contributed by atoms with Gasteiger partial charge in [-0.15, -0.1) is 0 Å². The second-order valence-corrected chi connectivity index (χ2v) is 5.05. The molecule has 0 saturated carbocycles. The zero-order chi connectivity index (χ0) is 12.8. The lowest BCUT2D eigenvalue weighted by Crippen LogP contribution is -2.01. The van der Waals surface area contributed by atoms with E-state index in [9.17, 15) is 0 Å². The number of halogens is 1. The molecule has 0 aliphatic heterocycles.